The molecule has 1 fully saturated rings. The molecule has 0 aromatic carbocycles. The van der Waals surface area contributed by atoms with Crippen molar-refractivity contribution in [3.63, 3.8) is 0 Å². The molecule has 4 heteroatoms. The standard InChI is InChI=1S/C14H28N2O2/c1-11(12(17)16-13(2,3)4)15-10-14(5)6-8-18-9-7-14/h11,15H,6-10H2,1-5H3,(H,16,17). The number of hydrogen-bond acceptors (Lipinski definition) is 3. The van der Waals surface area contributed by atoms with Gasteiger partial charge < -0.3 is 15.4 Å². The molecule has 0 spiro atoms. The van der Waals surface area contributed by atoms with E-state index in [1.807, 2.05) is 27.7 Å². The third-order valence-corrected chi connectivity index (χ3v) is 3.43. The van der Waals surface area contributed by atoms with E-state index in [2.05, 4.69) is 17.6 Å². The molecule has 2 N–H and O–H groups in total. The molecule has 1 unspecified atom stereocenters. The Hall–Kier alpha value is -0.610. The molecule has 1 saturated heterocycles. The fourth-order valence-electron chi connectivity index (χ4n) is 2.01. The number of carbonyl (C=O) groups is 1. The predicted molar refractivity (Wildman–Crippen MR) is 73.5 cm³/mol. The maximum Gasteiger partial charge on any atom is 0.237 e. The van der Waals surface area contributed by atoms with E-state index < -0.39 is 0 Å². The quantitative estimate of drug-likeness (QED) is 0.805. The molecule has 0 aromatic rings. The number of nitrogens with one attached hydrogen (secondary N) is 2. The lowest BCUT2D eigenvalue weighted by molar-refractivity contribution is -0.124. The molecule has 0 aromatic heterocycles. The summed E-state index contributed by atoms with van der Waals surface area (Å²) < 4.78 is 5.38. The van der Waals surface area contributed by atoms with Gasteiger partial charge >= 0.3 is 0 Å². The number of carbonyl (C=O) groups excluding carboxylic acids is 1. The molecule has 1 heterocycles. The van der Waals surface area contributed by atoms with Crippen molar-refractivity contribution in [2.24, 2.45) is 5.41 Å². The van der Waals surface area contributed by atoms with Crippen molar-refractivity contribution >= 4 is 5.91 Å². The molecular weight excluding hydrogens is 228 g/mol. The van der Waals surface area contributed by atoms with Crippen LogP contribution in [0.4, 0.5) is 0 Å². The Morgan fingerprint density at radius 3 is 2.39 bits per heavy atom. The summed E-state index contributed by atoms with van der Waals surface area (Å²) in [6.45, 7) is 12.7. The van der Waals surface area contributed by atoms with Crippen LogP contribution >= 0.6 is 0 Å². The lowest BCUT2D eigenvalue weighted by Crippen LogP contribution is -2.51. The molecule has 18 heavy (non-hydrogen) atoms. The van der Waals surface area contributed by atoms with E-state index in [0.29, 0.717) is 0 Å². The first-order valence-corrected chi connectivity index (χ1v) is 6.85. The molecule has 0 bridgehead atoms. The zero-order valence-corrected chi connectivity index (χ0v) is 12.4. The average Bonchev–Trinajstić information content (AvgIpc) is 2.24. The number of ether oxygens (including phenoxy) is 1. The lowest BCUT2D eigenvalue weighted by atomic mass is 9.82. The van der Waals surface area contributed by atoms with E-state index in [-0.39, 0.29) is 22.9 Å². The molecular formula is C14H28N2O2. The van der Waals surface area contributed by atoms with Crippen LogP contribution in [-0.2, 0) is 9.53 Å². The summed E-state index contributed by atoms with van der Waals surface area (Å²) in [6.07, 6.45) is 2.13. The first-order valence-electron chi connectivity index (χ1n) is 6.85. The second-order valence-electron chi connectivity index (χ2n) is 6.76. The monoisotopic (exact) mass is 256 g/mol. The molecule has 0 aliphatic carbocycles. The summed E-state index contributed by atoms with van der Waals surface area (Å²) >= 11 is 0. The van der Waals surface area contributed by atoms with Crippen LogP contribution in [0.3, 0.4) is 0 Å². The fourth-order valence-corrected chi connectivity index (χ4v) is 2.01. The smallest absolute Gasteiger partial charge is 0.237 e. The summed E-state index contributed by atoms with van der Waals surface area (Å²) in [5.74, 6) is 0.0677. The molecule has 1 aliphatic heterocycles. The third-order valence-electron chi connectivity index (χ3n) is 3.43. The van der Waals surface area contributed by atoms with Crippen LogP contribution in [0.15, 0.2) is 0 Å². The van der Waals surface area contributed by atoms with E-state index in [1.165, 1.54) is 0 Å². The summed E-state index contributed by atoms with van der Waals surface area (Å²) in [4.78, 5) is 11.9. The normalized spacial score (nSPS) is 21.4. The van der Waals surface area contributed by atoms with Gasteiger partial charge in [0.1, 0.15) is 0 Å². The molecule has 4 nitrogen and oxygen atoms in total. The highest BCUT2D eigenvalue weighted by Crippen LogP contribution is 2.28. The van der Waals surface area contributed by atoms with Crippen LogP contribution in [0.5, 0.6) is 0 Å². The first kappa shape index (κ1) is 15.4. The van der Waals surface area contributed by atoms with Gasteiger partial charge in [-0.25, -0.2) is 0 Å². The highest BCUT2D eigenvalue weighted by molar-refractivity contribution is 5.81. The zero-order valence-electron chi connectivity index (χ0n) is 12.4. The number of rotatable bonds is 4. The topological polar surface area (TPSA) is 50.4 Å². The van der Waals surface area contributed by atoms with Gasteiger partial charge in [-0.05, 0) is 46.0 Å². The van der Waals surface area contributed by atoms with Crippen molar-refractivity contribution < 1.29 is 9.53 Å². The van der Waals surface area contributed by atoms with Crippen molar-refractivity contribution in [3.05, 3.63) is 0 Å². The Balaban J connectivity index is 2.35. The Kier molecular flexibility index (Phi) is 5.17. The van der Waals surface area contributed by atoms with E-state index >= 15 is 0 Å². The second kappa shape index (κ2) is 6.02. The highest BCUT2D eigenvalue weighted by Gasteiger charge is 2.28. The number of hydrogen-bond donors (Lipinski definition) is 2. The van der Waals surface area contributed by atoms with Gasteiger partial charge in [-0.2, -0.15) is 0 Å². The summed E-state index contributed by atoms with van der Waals surface area (Å²) in [7, 11) is 0. The van der Waals surface area contributed by atoms with Crippen LogP contribution in [0.2, 0.25) is 0 Å². The Bertz CT molecular complexity index is 278. The molecule has 1 amide bonds. The first-order chi connectivity index (χ1) is 8.22. The number of amides is 1. The van der Waals surface area contributed by atoms with Crippen LogP contribution < -0.4 is 10.6 Å². The Morgan fingerprint density at radius 2 is 1.89 bits per heavy atom. The Morgan fingerprint density at radius 1 is 1.33 bits per heavy atom. The van der Waals surface area contributed by atoms with Crippen molar-refractivity contribution in [1.29, 1.82) is 0 Å². The molecule has 0 radical (unpaired) electrons. The second-order valence-corrected chi connectivity index (χ2v) is 6.76. The predicted octanol–water partition coefficient (Wildman–Crippen LogP) is 1.70. The molecule has 106 valence electrons. The maximum absolute atomic E-state index is 11.9. The van der Waals surface area contributed by atoms with Gasteiger partial charge in [-0.3, -0.25) is 4.79 Å². The summed E-state index contributed by atoms with van der Waals surface area (Å²) in [5.41, 5.74) is 0.0874. The van der Waals surface area contributed by atoms with Gasteiger partial charge in [0.2, 0.25) is 5.91 Å². The molecule has 0 saturated carbocycles. The highest BCUT2D eigenvalue weighted by atomic mass is 16.5. The summed E-state index contributed by atoms with van der Waals surface area (Å²) in [5, 5.41) is 6.34. The van der Waals surface area contributed by atoms with Crippen LogP contribution in [-0.4, -0.2) is 37.2 Å². The SMILES string of the molecule is CC(NCC1(C)CCOCC1)C(=O)NC(C)(C)C. The van der Waals surface area contributed by atoms with Gasteiger partial charge in [-0.15, -0.1) is 0 Å². The lowest BCUT2D eigenvalue weighted by Gasteiger charge is -2.35. The van der Waals surface area contributed by atoms with E-state index in [9.17, 15) is 4.79 Å². The van der Waals surface area contributed by atoms with Crippen molar-refractivity contribution in [2.45, 2.75) is 59.0 Å². The maximum atomic E-state index is 11.9. The molecule has 1 rings (SSSR count). The minimum absolute atomic E-state index is 0.0677. The van der Waals surface area contributed by atoms with E-state index in [0.717, 1.165) is 32.6 Å². The minimum atomic E-state index is -0.171. The van der Waals surface area contributed by atoms with Crippen LogP contribution in [0, 0.1) is 5.41 Å². The average molecular weight is 256 g/mol. The fraction of sp³-hybridized carbons (Fsp3) is 0.929. The minimum Gasteiger partial charge on any atom is -0.381 e. The van der Waals surface area contributed by atoms with Crippen molar-refractivity contribution in [3.8, 4) is 0 Å². The molecule has 1 atom stereocenters. The zero-order chi connectivity index (χ0) is 13.8. The largest absolute Gasteiger partial charge is 0.381 e. The van der Waals surface area contributed by atoms with Gasteiger partial charge in [0.05, 0.1) is 6.04 Å². The van der Waals surface area contributed by atoms with Gasteiger partial charge in [0.25, 0.3) is 0 Å². The van der Waals surface area contributed by atoms with Gasteiger partial charge in [-0.1, -0.05) is 6.92 Å². The molecule has 1 aliphatic rings. The van der Waals surface area contributed by atoms with Crippen molar-refractivity contribution in [2.75, 3.05) is 19.8 Å². The van der Waals surface area contributed by atoms with Gasteiger partial charge in [0.15, 0.2) is 0 Å². The van der Waals surface area contributed by atoms with Gasteiger partial charge in [0, 0.05) is 25.3 Å². The third kappa shape index (κ3) is 5.36. The van der Waals surface area contributed by atoms with Crippen LogP contribution in [0.1, 0.15) is 47.5 Å². The van der Waals surface area contributed by atoms with E-state index in [4.69, 9.17) is 4.74 Å². The summed E-state index contributed by atoms with van der Waals surface area (Å²) in [6, 6.07) is -0.149. The van der Waals surface area contributed by atoms with Crippen molar-refractivity contribution in [1.82, 2.24) is 10.6 Å². The van der Waals surface area contributed by atoms with Crippen LogP contribution in [0.25, 0.3) is 0 Å². The van der Waals surface area contributed by atoms with E-state index in [1.54, 1.807) is 0 Å². The Labute approximate surface area is 111 Å².